The number of ether oxygens (including phenoxy) is 1. The topological polar surface area (TPSA) is 63.6 Å². The van der Waals surface area contributed by atoms with Crippen LogP contribution in [0.25, 0.3) is 0 Å². The monoisotopic (exact) mass is 540 g/mol. The fraction of sp³-hybridized carbons (Fsp3) is 0.600. The number of rotatable bonds is 9. The zero-order chi connectivity index (χ0) is 28.4. The number of aliphatic carboxylic acids is 1. The van der Waals surface area contributed by atoms with Crippen LogP contribution in [-0.4, -0.2) is 65.4 Å². The summed E-state index contributed by atoms with van der Waals surface area (Å²) in [7, 11) is 0. The van der Waals surface area contributed by atoms with Gasteiger partial charge in [-0.15, -0.1) is 0 Å². The van der Waals surface area contributed by atoms with Gasteiger partial charge in [0.1, 0.15) is 0 Å². The summed E-state index contributed by atoms with van der Waals surface area (Å²) in [6.45, 7) is 3.23. The molecule has 0 rings (SSSR count). The first-order valence-electron chi connectivity index (χ1n) is 7.61. The second-order valence-corrected chi connectivity index (χ2v) is 5.97. The third-order valence-corrected chi connectivity index (χ3v) is 3.30. The molecule has 0 spiro atoms. The zero-order valence-corrected chi connectivity index (χ0v) is 16.0. The van der Waals surface area contributed by atoms with Crippen LogP contribution in [0.3, 0.4) is 0 Å². The van der Waals surface area contributed by atoms with Gasteiger partial charge in [0.2, 0.25) is 0 Å². The lowest BCUT2D eigenvalue weighted by atomic mass is 9.91. The van der Waals surface area contributed by atoms with Crippen LogP contribution >= 0.6 is 0 Å². The van der Waals surface area contributed by atoms with E-state index in [-0.39, 0.29) is 0 Å². The van der Waals surface area contributed by atoms with Crippen molar-refractivity contribution in [3.8, 4) is 0 Å². The molecule has 0 heterocycles. The molecule has 4 nitrogen and oxygen atoms in total. The fourth-order valence-corrected chi connectivity index (χ4v) is 1.37. The number of alkyl halides is 15. The summed E-state index contributed by atoms with van der Waals surface area (Å²) in [5, 5.41) is 7.60. The Labute approximate surface area is 178 Å². The molecule has 0 atom stereocenters. The van der Waals surface area contributed by atoms with Gasteiger partial charge >= 0.3 is 53.7 Å². The average Bonchev–Trinajstić information content (AvgIpc) is 2.64. The minimum Gasteiger partial charge on any atom is -0.478 e. The van der Waals surface area contributed by atoms with E-state index >= 15 is 0 Å². The molecule has 0 radical (unpaired) electrons. The number of halogens is 15. The van der Waals surface area contributed by atoms with Crippen molar-refractivity contribution in [2.45, 2.75) is 48.6 Å². The molecule has 0 bridgehead atoms. The number of esters is 1. The van der Waals surface area contributed by atoms with E-state index in [4.69, 9.17) is 5.11 Å². The van der Waals surface area contributed by atoms with Crippen LogP contribution in [0.1, 0.15) is 6.92 Å². The van der Waals surface area contributed by atoms with E-state index < -0.39 is 65.8 Å². The lowest BCUT2D eigenvalue weighted by Gasteiger charge is -2.41. The van der Waals surface area contributed by atoms with Gasteiger partial charge in [-0.2, -0.15) is 65.9 Å². The Morgan fingerprint density at radius 2 is 1.03 bits per heavy atom. The first-order chi connectivity index (χ1) is 14.6. The van der Waals surface area contributed by atoms with Crippen LogP contribution in [0.15, 0.2) is 24.8 Å². The van der Waals surface area contributed by atoms with E-state index in [0.717, 1.165) is 6.08 Å². The second-order valence-electron chi connectivity index (χ2n) is 5.97. The van der Waals surface area contributed by atoms with Crippen molar-refractivity contribution >= 4 is 11.9 Å². The van der Waals surface area contributed by atoms with E-state index in [9.17, 15) is 75.4 Å². The van der Waals surface area contributed by atoms with E-state index in [1.807, 2.05) is 0 Å². The van der Waals surface area contributed by atoms with Crippen molar-refractivity contribution in [1.82, 2.24) is 0 Å². The van der Waals surface area contributed by atoms with Gasteiger partial charge in [-0.1, -0.05) is 13.2 Å². The van der Waals surface area contributed by atoms with Gasteiger partial charge in [0.05, 0.1) is 0 Å². The molecular weight excluding hydrogens is 529 g/mol. The molecule has 0 aromatic carbocycles. The molecule has 0 aromatic rings. The summed E-state index contributed by atoms with van der Waals surface area (Å²) in [6.07, 6.45) is -6.83. The van der Waals surface area contributed by atoms with Crippen molar-refractivity contribution in [1.29, 1.82) is 0 Å². The SMILES string of the molecule is C=C(C)C(=O)OCC(F)(F)C(F)(F)C(F)(F)C(F)(F)C(F)(F)C(F)(F)C(F)(F)F.C=CC(=O)O. The highest BCUT2D eigenvalue weighted by Crippen LogP contribution is 2.62. The summed E-state index contributed by atoms with van der Waals surface area (Å²) in [5.41, 5.74) is -0.808. The third-order valence-electron chi connectivity index (χ3n) is 3.30. The van der Waals surface area contributed by atoms with Crippen LogP contribution in [-0.2, 0) is 14.3 Å². The number of carboxylic acid groups (broad SMARTS) is 1. The summed E-state index contributed by atoms with van der Waals surface area (Å²) < 4.78 is 196. The number of carboxylic acids is 1. The highest BCUT2D eigenvalue weighted by molar-refractivity contribution is 5.86. The molecule has 0 aliphatic carbocycles. The van der Waals surface area contributed by atoms with Crippen molar-refractivity contribution < 1.29 is 85.3 Å². The van der Waals surface area contributed by atoms with Crippen LogP contribution in [0, 0.1) is 0 Å². The van der Waals surface area contributed by atoms with Crippen molar-refractivity contribution in [3.63, 3.8) is 0 Å². The summed E-state index contributed by atoms with van der Waals surface area (Å²) >= 11 is 0. The molecular formula is C15H11F15O4. The first-order valence-corrected chi connectivity index (χ1v) is 7.61. The molecule has 0 unspecified atom stereocenters. The second kappa shape index (κ2) is 9.93. The lowest BCUT2D eigenvalue weighted by molar-refractivity contribution is -0.453. The van der Waals surface area contributed by atoms with Crippen molar-refractivity contribution in [2.75, 3.05) is 6.61 Å². The zero-order valence-electron chi connectivity index (χ0n) is 16.0. The van der Waals surface area contributed by atoms with Crippen LogP contribution < -0.4 is 0 Å². The van der Waals surface area contributed by atoms with Gasteiger partial charge in [0, 0.05) is 11.6 Å². The third kappa shape index (κ3) is 5.89. The van der Waals surface area contributed by atoms with E-state index in [1.54, 1.807) is 0 Å². The normalized spacial score (nSPS) is 14.0. The number of carbonyl (C=O) groups excluding carboxylic acids is 1. The Hall–Kier alpha value is -2.63. The van der Waals surface area contributed by atoms with E-state index in [1.165, 1.54) is 0 Å². The van der Waals surface area contributed by atoms with Crippen molar-refractivity contribution in [2.24, 2.45) is 0 Å². The smallest absolute Gasteiger partial charge is 0.460 e. The van der Waals surface area contributed by atoms with Crippen LogP contribution in [0.5, 0.6) is 0 Å². The predicted molar refractivity (Wildman–Crippen MR) is 79.3 cm³/mol. The quantitative estimate of drug-likeness (QED) is 0.231. The molecule has 19 heteroatoms. The molecule has 1 N–H and O–H groups in total. The van der Waals surface area contributed by atoms with Gasteiger partial charge in [-0.05, 0) is 6.92 Å². The molecule has 0 saturated heterocycles. The van der Waals surface area contributed by atoms with Crippen LogP contribution in [0.2, 0.25) is 0 Å². The summed E-state index contributed by atoms with van der Waals surface area (Å²) in [4.78, 5) is 20.0. The van der Waals surface area contributed by atoms with E-state index in [0.29, 0.717) is 6.92 Å². The average molecular weight is 540 g/mol. The lowest BCUT2D eigenvalue weighted by Crippen LogP contribution is -2.73. The summed E-state index contributed by atoms with van der Waals surface area (Å²) in [5.74, 6) is -50.2. The summed E-state index contributed by atoms with van der Waals surface area (Å²) in [6, 6.07) is 0. The number of hydrogen-bond donors (Lipinski definition) is 1. The highest BCUT2D eigenvalue weighted by Gasteiger charge is 2.93. The minimum absolute atomic E-state index is 0.709. The maximum atomic E-state index is 13.3. The Balaban J connectivity index is 0. The van der Waals surface area contributed by atoms with Gasteiger partial charge in [0.25, 0.3) is 0 Å². The molecule has 0 aliphatic rings. The standard InChI is InChI=1S/C12H7F15O2.C3H4O2/c1-4(2)5(28)29-3-6(13,14)7(15,16)8(17,18)9(19,20)10(21,22)11(23,24)12(25,26)27;1-2-3(4)5/h1,3H2,2H3;2H,1H2,(H,4,5). The Morgan fingerprint density at radius 3 is 1.29 bits per heavy atom. The predicted octanol–water partition coefficient (Wildman–Crippen LogP) is 5.74. The van der Waals surface area contributed by atoms with Gasteiger partial charge in [-0.3, -0.25) is 0 Å². The number of hydrogen-bond acceptors (Lipinski definition) is 3. The van der Waals surface area contributed by atoms with Crippen molar-refractivity contribution in [3.05, 3.63) is 24.8 Å². The fourth-order valence-electron chi connectivity index (χ4n) is 1.37. The minimum atomic E-state index is -8.37. The molecule has 0 amide bonds. The number of carbonyl (C=O) groups is 2. The van der Waals surface area contributed by atoms with Crippen LogP contribution in [0.4, 0.5) is 65.9 Å². The van der Waals surface area contributed by atoms with Gasteiger partial charge in [-0.25, -0.2) is 9.59 Å². The van der Waals surface area contributed by atoms with E-state index in [2.05, 4.69) is 17.9 Å². The molecule has 0 aromatic heterocycles. The highest BCUT2D eigenvalue weighted by atomic mass is 19.4. The van der Waals surface area contributed by atoms with Gasteiger partial charge < -0.3 is 9.84 Å². The first kappa shape index (κ1) is 33.5. The Morgan fingerprint density at radius 1 is 0.735 bits per heavy atom. The largest absolute Gasteiger partial charge is 0.478 e. The molecule has 200 valence electrons. The Kier molecular flexibility index (Phi) is 9.79. The molecule has 0 saturated carbocycles. The molecule has 34 heavy (non-hydrogen) atoms. The maximum absolute atomic E-state index is 13.3. The molecule has 0 aliphatic heterocycles. The van der Waals surface area contributed by atoms with Gasteiger partial charge in [0.15, 0.2) is 6.61 Å². The maximum Gasteiger partial charge on any atom is 0.460 e. The Bertz CT molecular complexity index is 783. The molecule has 0 fully saturated rings.